The van der Waals surface area contributed by atoms with Gasteiger partial charge in [-0.1, -0.05) is 20.8 Å². The van der Waals surface area contributed by atoms with E-state index in [0.29, 0.717) is 5.92 Å². The first-order chi connectivity index (χ1) is 8.43. The second-order valence-corrected chi connectivity index (χ2v) is 5.49. The molecule has 0 aromatic heterocycles. The van der Waals surface area contributed by atoms with Crippen LogP contribution in [0.25, 0.3) is 0 Å². The van der Waals surface area contributed by atoms with Crippen LogP contribution < -0.4 is 10.6 Å². The molecule has 5 heteroatoms. The minimum absolute atomic E-state index is 0.0135. The highest BCUT2D eigenvalue weighted by Crippen LogP contribution is 2.16. The molecule has 0 aromatic carbocycles. The summed E-state index contributed by atoms with van der Waals surface area (Å²) in [6.45, 7) is 6.82. The average Bonchev–Trinajstić information content (AvgIpc) is 2.28. The first-order valence-electron chi connectivity index (χ1n) is 6.67. The summed E-state index contributed by atoms with van der Waals surface area (Å²) >= 11 is 0. The number of hydrogen-bond donors (Lipinski definition) is 3. The lowest BCUT2D eigenvalue weighted by atomic mass is 9.91. The summed E-state index contributed by atoms with van der Waals surface area (Å²) in [5.41, 5.74) is 0. The summed E-state index contributed by atoms with van der Waals surface area (Å²) in [5.74, 6) is -1.13. The molecule has 104 valence electrons. The van der Waals surface area contributed by atoms with Gasteiger partial charge < -0.3 is 15.7 Å². The molecule has 1 saturated heterocycles. The number of carboxylic acid groups (broad SMARTS) is 1. The predicted molar refractivity (Wildman–Crippen MR) is 69.2 cm³/mol. The zero-order chi connectivity index (χ0) is 13.7. The summed E-state index contributed by atoms with van der Waals surface area (Å²) in [6, 6.07) is -0.180. The normalized spacial score (nSPS) is 25.8. The van der Waals surface area contributed by atoms with Crippen molar-refractivity contribution < 1.29 is 14.7 Å². The number of carbonyl (C=O) groups is 2. The van der Waals surface area contributed by atoms with Gasteiger partial charge in [-0.15, -0.1) is 0 Å². The van der Waals surface area contributed by atoms with Gasteiger partial charge in [-0.3, -0.25) is 9.59 Å². The summed E-state index contributed by atoms with van der Waals surface area (Å²) in [4.78, 5) is 23.0. The maximum absolute atomic E-state index is 12.0. The van der Waals surface area contributed by atoms with Crippen LogP contribution in [0, 0.1) is 17.8 Å². The standard InChI is InChI=1S/C13H24N2O3/c1-8(2)10(13(17)18)7-15-12(16)11-9(3)5-4-6-14-11/h8-11,14H,4-7H2,1-3H3,(H,15,16)(H,17,18). The Labute approximate surface area is 108 Å². The second-order valence-electron chi connectivity index (χ2n) is 5.49. The molecule has 1 aliphatic rings. The highest BCUT2D eigenvalue weighted by atomic mass is 16.4. The summed E-state index contributed by atoms with van der Waals surface area (Å²) in [7, 11) is 0. The Bertz CT molecular complexity index is 305. The van der Waals surface area contributed by atoms with Gasteiger partial charge in [0, 0.05) is 6.54 Å². The van der Waals surface area contributed by atoms with E-state index in [1.807, 2.05) is 20.8 Å². The van der Waals surface area contributed by atoms with Gasteiger partial charge in [0.1, 0.15) is 0 Å². The van der Waals surface area contributed by atoms with Crippen molar-refractivity contribution >= 4 is 11.9 Å². The Kier molecular flexibility index (Phi) is 5.59. The van der Waals surface area contributed by atoms with Crippen LogP contribution in [0.1, 0.15) is 33.6 Å². The number of carboxylic acids is 1. The van der Waals surface area contributed by atoms with Crippen LogP contribution in [0.5, 0.6) is 0 Å². The first-order valence-corrected chi connectivity index (χ1v) is 6.67. The largest absolute Gasteiger partial charge is 0.481 e. The quantitative estimate of drug-likeness (QED) is 0.681. The molecule has 3 N–H and O–H groups in total. The zero-order valence-electron chi connectivity index (χ0n) is 11.4. The molecular weight excluding hydrogens is 232 g/mol. The average molecular weight is 256 g/mol. The van der Waals surface area contributed by atoms with Crippen molar-refractivity contribution in [2.45, 2.75) is 39.7 Å². The molecule has 0 radical (unpaired) electrons. The molecule has 1 amide bonds. The van der Waals surface area contributed by atoms with E-state index >= 15 is 0 Å². The van der Waals surface area contributed by atoms with Crippen LogP contribution in [0.2, 0.25) is 0 Å². The van der Waals surface area contributed by atoms with Gasteiger partial charge >= 0.3 is 5.97 Å². The lowest BCUT2D eigenvalue weighted by Crippen LogP contribution is -2.52. The molecule has 0 bridgehead atoms. The Hall–Kier alpha value is -1.10. The molecule has 3 unspecified atom stereocenters. The van der Waals surface area contributed by atoms with Crippen molar-refractivity contribution in [1.29, 1.82) is 0 Å². The third-order valence-corrected chi connectivity index (χ3v) is 3.67. The highest BCUT2D eigenvalue weighted by Gasteiger charge is 2.29. The number of aliphatic carboxylic acids is 1. The SMILES string of the molecule is CC(C)C(CNC(=O)C1NCCCC1C)C(=O)O. The third kappa shape index (κ3) is 3.98. The van der Waals surface area contributed by atoms with Crippen molar-refractivity contribution in [3.63, 3.8) is 0 Å². The van der Waals surface area contributed by atoms with Gasteiger partial charge in [-0.05, 0) is 31.2 Å². The third-order valence-electron chi connectivity index (χ3n) is 3.67. The molecule has 0 aromatic rings. The maximum atomic E-state index is 12.0. The van der Waals surface area contributed by atoms with Crippen molar-refractivity contribution in [2.75, 3.05) is 13.1 Å². The Balaban J connectivity index is 2.46. The summed E-state index contributed by atoms with van der Waals surface area (Å²) in [5, 5.41) is 15.0. The smallest absolute Gasteiger partial charge is 0.308 e. The fourth-order valence-electron chi connectivity index (χ4n) is 2.33. The Morgan fingerprint density at radius 1 is 1.44 bits per heavy atom. The van der Waals surface area contributed by atoms with Crippen molar-refractivity contribution in [1.82, 2.24) is 10.6 Å². The van der Waals surface area contributed by atoms with Crippen LogP contribution >= 0.6 is 0 Å². The molecule has 0 spiro atoms. The van der Waals surface area contributed by atoms with E-state index in [1.54, 1.807) is 0 Å². The molecule has 1 heterocycles. The van der Waals surface area contributed by atoms with Crippen molar-refractivity contribution in [3.8, 4) is 0 Å². The molecule has 1 aliphatic heterocycles. The van der Waals surface area contributed by atoms with Gasteiger partial charge in [0.2, 0.25) is 5.91 Å². The van der Waals surface area contributed by atoms with Crippen LogP contribution in [-0.4, -0.2) is 36.1 Å². The molecule has 1 fully saturated rings. The van der Waals surface area contributed by atoms with Gasteiger partial charge in [0.05, 0.1) is 12.0 Å². The molecule has 0 aliphatic carbocycles. The number of nitrogens with one attached hydrogen (secondary N) is 2. The van der Waals surface area contributed by atoms with Crippen molar-refractivity contribution in [3.05, 3.63) is 0 Å². The number of amides is 1. The van der Waals surface area contributed by atoms with Crippen molar-refractivity contribution in [2.24, 2.45) is 17.8 Å². The summed E-state index contributed by atoms with van der Waals surface area (Å²) < 4.78 is 0. The molecule has 5 nitrogen and oxygen atoms in total. The fraction of sp³-hybridized carbons (Fsp3) is 0.846. The van der Waals surface area contributed by atoms with Crippen LogP contribution in [0.15, 0.2) is 0 Å². The fourth-order valence-corrected chi connectivity index (χ4v) is 2.33. The number of rotatable bonds is 5. The topological polar surface area (TPSA) is 78.4 Å². The van der Waals surface area contributed by atoms with E-state index in [-0.39, 0.29) is 24.4 Å². The minimum atomic E-state index is -0.852. The van der Waals surface area contributed by atoms with Gasteiger partial charge in [-0.25, -0.2) is 0 Å². The number of piperidine rings is 1. The van der Waals surface area contributed by atoms with Gasteiger partial charge in [0.25, 0.3) is 0 Å². The van der Waals surface area contributed by atoms with E-state index < -0.39 is 11.9 Å². The lowest BCUT2D eigenvalue weighted by molar-refractivity contribution is -0.143. The van der Waals surface area contributed by atoms with E-state index in [9.17, 15) is 9.59 Å². The number of carbonyl (C=O) groups excluding carboxylic acids is 1. The van der Waals surface area contributed by atoms with Crippen LogP contribution in [0.3, 0.4) is 0 Å². The monoisotopic (exact) mass is 256 g/mol. The predicted octanol–water partition coefficient (Wildman–Crippen LogP) is 0.847. The Morgan fingerprint density at radius 2 is 2.11 bits per heavy atom. The van der Waals surface area contributed by atoms with E-state index in [4.69, 9.17) is 5.11 Å². The van der Waals surface area contributed by atoms with E-state index in [0.717, 1.165) is 19.4 Å². The Morgan fingerprint density at radius 3 is 2.61 bits per heavy atom. The molecule has 18 heavy (non-hydrogen) atoms. The van der Waals surface area contributed by atoms with Gasteiger partial charge in [0.15, 0.2) is 0 Å². The minimum Gasteiger partial charge on any atom is -0.481 e. The lowest BCUT2D eigenvalue weighted by Gasteiger charge is -2.29. The molecule has 3 atom stereocenters. The first kappa shape index (κ1) is 15.0. The molecule has 0 saturated carbocycles. The summed E-state index contributed by atoms with van der Waals surface area (Å²) in [6.07, 6.45) is 2.13. The second kappa shape index (κ2) is 6.73. The maximum Gasteiger partial charge on any atom is 0.308 e. The number of hydrogen-bond acceptors (Lipinski definition) is 3. The van der Waals surface area contributed by atoms with E-state index in [1.165, 1.54) is 0 Å². The zero-order valence-corrected chi connectivity index (χ0v) is 11.4. The molecular formula is C13H24N2O3. The molecule has 1 rings (SSSR count). The van der Waals surface area contributed by atoms with Gasteiger partial charge in [-0.2, -0.15) is 0 Å². The van der Waals surface area contributed by atoms with Crippen LogP contribution in [-0.2, 0) is 9.59 Å². The van der Waals surface area contributed by atoms with Crippen LogP contribution in [0.4, 0.5) is 0 Å². The van der Waals surface area contributed by atoms with E-state index in [2.05, 4.69) is 10.6 Å². The highest BCUT2D eigenvalue weighted by molar-refractivity contribution is 5.82.